The zero-order valence-electron chi connectivity index (χ0n) is 6.55. The minimum Gasteiger partial charge on any atom is -0.327 e. The predicted octanol–water partition coefficient (Wildman–Crippen LogP) is 0.174. The number of nitrogens with zero attached hydrogens (tertiary/aromatic N) is 1. The monoisotopic (exact) mass is 142 g/mol. The molecule has 0 saturated carbocycles. The van der Waals surface area contributed by atoms with Crippen LogP contribution >= 0.6 is 0 Å². The van der Waals surface area contributed by atoms with Crippen molar-refractivity contribution < 1.29 is 4.79 Å². The van der Waals surface area contributed by atoms with Crippen molar-refractivity contribution >= 4 is 5.91 Å². The second-order valence-corrected chi connectivity index (χ2v) is 2.66. The molecule has 0 aromatic rings. The molecule has 1 N–H and O–H groups in total. The Morgan fingerprint density at radius 2 is 2.40 bits per heavy atom. The van der Waals surface area contributed by atoms with E-state index in [0.717, 1.165) is 19.4 Å². The molecule has 1 rings (SSSR count). The maximum atomic E-state index is 11.1. The van der Waals surface area contributed by atoms with Crippen LogP contribution in [-0.4, -0.2) is 30.6 Å². The molecular formula is C7H14N2O. The molecular weight excluding hydrogens is 128 g/mol. The maximum Gasteiger partial charge on any atom is 0.223 e. The van der Waals surface area contributed by atoms with E-state index >= 15 is 0 Å². The standard InChI is InChI=1S/C7H14N2O/c1-6(8-2)9-5-3-4-7(9)10/h6,8H,3-5H2,1-2H3. The lowest BCUT2D eigenvalue weighted by molar-refractivity contribution is -0.129. The van der Waals surface area contributed by atoms with Gasteiger partial charge in [-0.1, -0.05) is 0 Å². The first-order valence-corrected chi connectivity index (χ1v) is 3.72. The van der Waals surface area contributed by atoms with Crippen LogP contribution < -0.4 is 5.32 Å². The van der Waals surface area contributed by atoms with Crippen molar-refractivity contribution in [1.29, 1.82) is 0 Å². The van der Waals surface area contributed by atoms with E-state index in [1.165, 1.54) is 0 Å². The number of rotatable bonds is 2. The lowest BCUT2D eigenvalue weighted by Crippen LogP contribution is -2.42. The van der Waals surface area contributed by atoms with Crippen molar-refractivity contribution in [3.8, 4) is 0 Å². The highest BCUT2D eigenvalue weighted by molar-refractivity contribution is 5.78. The molecule has 1 aliphatic rings. The summed E-state index contributed by atoms with van der Waals surface area (Å²) in [7, 11) is 1.87. The van der Waals surface area contributed by atoms with Gasteiger partial charge >= 0.3 is 0 Å². The fraction of sp³-hybridized carbons (Fsp3) is 0.857. The van der Waals surface area contributed by atoms with Gasteiger partial charge in [0.25, 0.3) is 0 Å². The van der Waals surface area contributed by atoms with E-state index in [1.807, 2.05) is 18.9 Å². The van der Waals surface area contributed by atoms with Crippen LogP contribution in [0.2, 0.25) is 0 Å². The van der Waals surface area contributed by atoms with Gasteiger partial charge in [0.2, 0.25) is 5.91 Å². The second kappa shape index (κ2) is 3.01. The molecule has 0 aromatic carbocycles. The Morgan fingerprint density at radius 1 is 1.70 bits per heavy atom. The highest BCUT2D eigenvalue weighted by Crippen LogP contribution is 2.11. The summed E-state index contributed by atoms with van der Waals surface area (Å²) < 4.78 is 0. The topological polar surface area (TPSA) is 32.3 Å². The van der Waals surface area contributed by atoms with Crippen molar-refractivity contribution in [3.05, 3.63) is 0 Å². The lowest BCUT2D eigenvalue weighted by atomic mass is 10.4. The number of hydrogen-bond acceptors (Lipinski definition) is 2. The summed E-state index contributed by atoms with van der Waals surface area (Å²) in [6, 6.07) is 0. The van der Waals surface area contributed by atoms with Gasteiger partial charge in [-0.05, 0) is 20.4 Å². The average molecular weight is 142 g/mol. The molecule has 3 nitrogen and oxygen atoms in total. The van der Waals surface area contributed by atoms with Gasteiger partial charge in [0.05, 0.1) is 6.17 Å². The van der Waals surface area contributed by atoms with E-state index in [2.05, 4.69) is 5.32 Å². The van der Waals surface area contributed by atoms with Gasteiger partial charge in [0.15, 0.2) is 0 Å². The number of amides is 1. The number of carbonyl (C=O) groups is 1. The summed E-state index contributed by atoms with van der Waals surface area (Å²) in [5.74, 6) is 0.279. The first kappa shape index (κ1) is 7.54. The Morgan fingerprint density at radius 3 is 2.80 bits per heavy atom. The van der Waals surface area contributed by atoms with E-state index in [4.69, 9.17) is 0 Å². The van der Waals surface area contributed by atoms with Crippen LogP contribution in [0.1, 0.15) is 19.8 Å². The Bertz CT molecular complexity index is 136. The number of carbonyl (C=O) groups excluding carboxylic acids is 1. The molecule has 0 radical (unpaired) electrons. The highest BCUT2D eigenvalue weighted by Gasteiger charge is 2.23. The normalized spacial score (nSPS) is 21.8. The molecule has 1 saturated heterocycles. The summed E-state index contributed by atoms with van der Waals surface area (Å²) in [6.45, 7) is 2.92. The lowest BCUT2D eigenvalue weighted by Gasteiger charge is -2.23. The molecule has 3 heteroatoms. The van der Waals surface area contributed by atoms with Crippen LogP contribution in [-0.2, 0) is 4.79 Å². The fourth-order valence-corrected chi connectivity index (χ4v) is 1.23. The second-order valence-electron chi connectivity index (χ2n) is 2.66. The third-order valence-corrected chi connectivity index (χ3v) is 2.00. The quantitative estimate of drug-likeness (QED) is 0.596. The molecule has 1 aliphatic heterocycles. The molecule has 1 heterocycles. The number of hydrogen-bond donors (Lipinski definition) is 1. The summed E-state index contributed by atoms with van der Waals surface area (Å²) in [5.41, 5.74) is 0. The van der Waals surface area contributed by atoms with Crippen LogP contribution in [0.5, 0.6) is 0 Å². The van der Waals surface area contributed by atoms with Crippen molar-refractivity contribution in [3.63, 3.8) is 0 Å². The Balaban J connectivity index is 2.46. The largest absolute Gasteiger partial charge is 0.327 e. The molecule has 58 valence electrons. The van der Waals surface area contributed by atoms with E-state index in [1.54, 1.807) is 0 Å². The van der Waals surface area contributed by atoms with Gasteiger partial charge in [-0.2, -0.15) is 0 Å². The van der Waals surface area contributed by atoms with Crippen LogP contribution in [0.25, 0.3) is 0 Å². The van der Waals surface area contributed by atoms with E-state index in [9.17, 15) is 4.79 Å². The summed E-state index contributed by atoms with van der Waals surface area (Å²) in [4.78, 5) is 12.9. The molecule has 0 aliphatic carbocycles. The van der Waals surface area contributed by atoms with E-state index in [-0.39, 0.29) is 12.1 Å². The highest BCUT2D eigenvalue weighted by atomic mass is 16.2. The molecule has 1 amide bonds. The minimum absolute atomic E-state index is 0.204. The van der Waals surface area contributed by atoms with Gasteiger partial charge in [-0.15, -0.1) is 0 Å². The maximum absolute atomic E-state index is 11.1. The van der Waals surface area contributed by atoms with Crippen LogP contribution in [0.15, 0.2) is 0 Å². The Kier molecular flexibility index (Phi) is 2.27. The van der Waals surface area contributed by atoms with E-state index in [0.29, 0.717) is 0 Å². The van der Waals surface area contributed by atoms with Crippen molar-refractivity contribution in [2.45, 2.75) is 25.9 Å². The van der Waals surface area contributed by atoms with Gasteiger partial charge in [-0.3, -0.25) is 4.79 Å². The molecule has 1 fully saturated rings. The Labute approximate surface area is 61.4 Å². The van der Waals surface area contributed by atoms with Crippen LogP contribution in [0, 0.1) is 0 Å². The molecule has 0 bridgehead atoms. The number of nitrogens with one attached hydrogen (secondary N) is 1. The van der Waals surface area contributed by atoms with Gasteiger partial charge in [0.1, 0.15) is 0 Å². The smallest absolute Gasteiger partial charge is 0.223 e. The first-order chi connectivity index (χ1) is 4.75. The zero-order chi connectivity index (χ0) is 7.56. The molecule has 1 unspecified atom stereocenters. The third-order valence-electron chi connectivity index (χ3n) is 2.00. The van der Waals surface area contributed by atoms with E-state index < -0.39 is 0 Å². The fourth-order valence-electron chi connectivity index (χ4n) is 1.23. The Hall–Kier alpha value is -0.570. The summed E-state index contributed by atoms with van der Waals surface area (Å²) >= 11 is 0. The van der Waals surface area contributed by atoms with Crippen molar-refractivity contribution in [1.82, 2.24) is 10.2 Å². The van der Waals surface area contributed by atoms with Crippen LogP contribution in [0.4, 0.5) is 0 Å². The number of likely N-dealkylation sites (tertiary alicyclic amines) is 1. The van der Waals surface area contributed by atoms with Crippen LogP contribution in [0.3, 0.4) is 0 Å². The zero-order valence-corrected chi connectivity index (χ0v) is 6.55. The summed E-state index contributed by atoms with van der Waals surface area (Å²) in [5, 5.41) is 3.04. The van der Waals surface area contributed by atoms with Crippen molar-refractivity contribution in [2.75, 3.05) is 13.6 Å². The van der Waals surface area contributed by atoms with Gasteiger partial charge < -0.3 is 10.2 Å². The minimum atomic E-state index is 0.204. The predicted molar refractivity (Wildman–Crippen MR) is 39.5 cm³/mol. The SMILES string of the molecule is CNC(C)N1CCCC1=O. The third kappa shape index (κ3) is 1.29. The average Bonchev–Trinajstić information content (AvgIpc) is 2.34. The first-order valence-electron chi connectivity index (χ1n) is 3.72. The van der Waals surface area contributed by atoms with Crippen molar-refractivity contribution in [2.24, 2.45) is 0 Å². The summed E-state index contributed by atoms with van der Waals surface area (Å²) in [6.07, 6.45) is 1.95. The molecule has 0 aromatic heterocycles. The van der Waals surface area contributed by atoms with Gasteiger partial charge in [0, 0.05) is 13.0 Å². The molecule has 10 heavy (non-hydrogen) atoms. The van der Waals surface area contributed by atoms with Gasteiger partial charge in [-0.25, -0.2) is 0 Å². The molecule has 0 spiro atoms. The molecule has 1 atom stereocenters.